The zero-order valence-electron chi connectivity index (χ0n) is 23.9. The zero-order valence-corrected chi connectivity index (χ0v) is 25.4. The van der Waals surface area contributed by atoms with Gasteiger partial charge in [-0.3, -0.25) is 10.1 Å². The average molecular weight is 641 g/mol. The number of hydrogen-bond donors (Lipinski definition) is 3. The number of ether oxygens (including phenoxy) is 2. The summed E-state index contributed by atoms with van der Waals surface area (Å²) in [7, 11) is 0. The molecule has 0 aliphatic carbocycles. The van der Waals surface area contributed by atoms with E-state index in [1.165, 1.54) is 6.33 Å². The Kier molecular flexibility index (Phi) is 8.87. The maximum atomic E-state index is 13.0. The Labute approximate surface area is 257 Å². The third-order valence-electron chi connectivity index (χ3n) is 6.13. The number of nitrogens with one attached hydrogen (secondary N) is 3. The van der Waals surface area contributed by atoms with Crippen molar-refractivity contribution >= 4 is 61.7 Å². The number of nitrogens with zero attached hydrogens (tertiary/aromatic N) is 2. The number of hydrogen-bond acceptors (Lipinski definition) is 7. The molecule has 0 saturated heterocycles. The van der Waals surface area contributed by atoms with Crippen LogP contribution in [0.3, 0.4) is 0 Å². The van der Waals surface area contributed by atoms with Gasteiger partial charge < -0.3 is 20.1 Å². The molecule has 0 fully saturated rings. The predicted molar refractivity (Wildman–Crippen MR) is 172 cm³/mol. The van der Waals surface area contributed by atoms with Crippen LogP contribution >= 0.6 is 15.9 Å². The summed E-state index contributed by atoms with van der Waals surface area (Å²) in [5.74, 6) is 1.02. The van der Waals surface area contributed by atoms with Gasteiger partial charge >= 0.3 is 6.09 Å². The lowest BCUT2D eigenvalue weighted by atomic mass is 10.1. The summed E-state index contributed by atoms with van der Waals surface area (Å²) >= 11 is 3.49. The highest BCUT2D eigenvalue weighted by molar-refractivity contribution is 9.10. The van der Waals surface area contributed by atoms with E-state index in [0.717, 1.165) is 26.6 Å². The third-order valence-corrected chi connectivity index (χ3v) is 6.62. The SMILES string of the molecule is CC(C)(C)OC(=O)Nc1ccccc1NC(=O)c1ccc(COc2ccc3ncnc(Nc4cccc(Br)c4)c3c2)cc1. The van der Waals surface area contributed by atoms with Gasteiger partial charge in [-0.25, -0.2) is 14.8 Å². The highest BCUT2D eigenvalue weighted by atomic mass is 79.9. The summed E-state index contributed by atoms with van der Waals surface area (Å²) in [6.07, 6.45) is 0.922. The van der Waals surface area contributed by atoms with E-state index in [1.54, 1.807) is 57.2 Å². The number of halogens is 1. The maximum absolute atomic E-state index is 13.0. The minimum atomic E-state index is -0.642. The third kappa shape index (κ3) is 8.08. The van der Waals surface area contributed by atoms with Crippen LogP contribution in [0.5, 0.6) is 5.75 Å². The minimum absolute atomic E-state index is 0.304. The lowest BCUT2D eigenvalue weighted by Gasteiger charge is -2.20. The summed E-state index contributed by atoms with van der Waals surface area (Å²) in [6.45, 7) is 5.65. The molecule has 3 N–H and O–H groups in total. The van der Waals surface area contributed by atoms with Gasteiger partial charge in [0.05, 0.1) is 16.9 Å². The molecule has 5 aromatic rings. The predicted octanol–water partition coefficient (Wildman–Crippen LogP) is 8.31. The second-order valence-electron chi connectivity index (χ2n) is 10.6. The van der Waals surface area contributed by atoms with E-state index in [-0.39, 0.29) is 5.91 Å². The Morgan fingerprint density at radius 1 is 0.837 bits per heavy atom. The van der Waals surface area contributed by atoms with Crippen molar-refractivity contribution in [3.8, 4) is 5.75 Å². The molecule has 4 aromatic carbocycles. The lowest BCUT2D eigenvalue weighted by Crippen LogP contribution is -2.27. The normalized spacial score (nSPS) is 11.1. The van der Waals surface area contributed by atoms with Crippen LogP contribution in [-0.4, -0.2) is 27.6 Å². The number of anilines is 4. The molecule has 0 atom stereocenters. The van der Waals surface area contributed by atoms with Crippen LogP contribution in [0.2, 0.25) is 0 Å². The van der Waals surface area contributed by atoms with Gasteiger partial charge in [-0.2, -0.15) is 0 Å². The first-order valence-corrected chi connectivity index (χ1v) is 14.3. The first kappa shape index (κ1) is 29.5. The quantitative estimate of drug-likeness (QED) is 0.156. The molecule has 43 heavy (non-hydrogen) atoms. The van der Waals surface area contributed by atoms with Gasteiger partial charge in [0.25, 0.3) is 5.91 Å². The molecule has 1 aromatic heterocycles. The van der Waals surface area contributed by atoms with Crippen molar-refractivity contribution < 1.29 is 19.1 Å². The van der Waals surface area contributed by atoms with Crippen molar-refractivity contribution in [2.24, 2.45) is 0 Å². The molecule has 218 valence electrons. The largest absolute Gasteiger partial charge is 0.489 e. The number of benzene rings is 4. The first-order chi connectivity index (χ1) is 20.6. The van der Waals surface area contributed by atoms with E-state index < -0.39 is 11.7 Å². The van der Waals surface area contributed by atoms with Crippen molar-refractivity contribution in [1.29, 1.82) is 0 Å². The monoisotopic (exact) mass is 639 g/mol. The van der Waals surface area contributed by atoms with Crippen LogP contribution in [0.1, 0.15) is 36.7 Å². The molecule has 0 saturated carbocycles. The second-order valence-corrected chi connectivity index (χ2v) is 11.6. The van der Waals surface area contributed by atoms with Crippen molar-refractivity contribution in [3.63, 3.8) is 0 Å². The number of aromatic nitrogens is 2. The number of carbonyl (C=O) groups is 2. The van der Waals surface area contributed by atoms with E-state index in [0.29, 0.717) is 35.1 Å². The van der Waals surface area contributed by atoms with E-state index >= 15 is 0 Å². The van der Waals surface area contributed by atoms with E-state index in [1.807, 2.05) is 54.6 Å². The van der Waals surface area contributed by atoms with Gasteiger partial charge in [0.2, 0.25) is 0 Å². The van der Waals surface area contributed by atoms with Gasteiger partial charge in [-0.05, 0) is 87.0 Å². The maximum Gasteiger partial charge on any atom is 0.412 e. The summed E-state index contributed by atoms with van der Waals surface area (Å²) < 4.78 is 12.3. The topological polar surface area (TPSA) is 114 Å². The fraction of sp³-hybridized carbons (Fsp3) is 0.152. The summed E-state index contributed by atoms with van der Waals surface area (Å²) in [5.41, 5.74) is 3.29. The Balaban J connectivity index is 1.22. The fourth-order valence-corrected chi connectivity index (χ4v) is 4.56. The number of para-hydroxylation sites is 2. The van der Waals surface area contributed by atoms with E-state index in [2.05, 4.69) is 41.8 Å². The Bertz CT molecular complexity index is 1770. The van der Waals surface area contributed by atoms with Crippen molar-refractivity contribution in [2.75, 3.05) is 16.0 Å². The summed E-state index contributed by atoms with van der Waals surface area (Å²) in [6, 6.07) is 27.6. The molecular weight excluding hydrogens is 610 g/mol. The van der Waals surface area contributed by atoms with Crippen LogP contribution in [0.25, 0.3) is 10.9 Å². The molecule has 0 aliphatic rings. The Hall–Kier alpha value is -4.96. The number of rotatable bonds is 8. The van der Waals surface area contributed by atoms with Gasteiger partial charge in [0, 0.05) is 21.1 Å². The Morgan fingerprint density at radius 3 is 2.30 bits per heavy atom. The molecule has 1 heterocycles. The van der Waals surface area contributed by atoms with E-state index in [4.69, 9.17) is 9.47 Å². The molecule has 0 unspecified atom stereocenters. The second kappa shape index (κ2) is 12.9. The first-order valence-electron chi connectivity index (χ1n) is 13.5. The van der Waals surface area contributed by atoms with Crippen molar-refractivity contribution in [3.05, 3.63) is 113 Å². The molecule has 9 nitrogen and oxygen atoms in total. The minimum Gasteiger partial charge on any atom is -0.489 e. The van der Waals surface area contributed by atoms with Crippen LogP contribution in [0.4, 0.5) is 27.7 Å². The van der Waals surface area contributed by atoms with Gasteiger partial charge in [-0.1, -0.05) is 46.3 Å². The summed E-state index contributed by atoms with van der Waals surface area (Å²) in [4.78, 5) is 34.0. The molecule has 0 spiro atoms. The smallest absolute Gasteiger partial charge is 0.412 e. The van der Waals surface area contributed by atoms with Crippen LogP contribution in [0.15, 0.2) is 102 Å². The molecule has 0 aliphatic heterocycles. The summed E-state index contributed by atoms with van der Waals surface area (Å²) in [5, 5.41) is 9.71. The Morgan fingerprint density at radius 2 is 1.58 bits per heavy atom. The molecule has 0 radical (unpaired) electrons. The average Bonchev–Trinajstić information content (AvgIpc) is 2.96. The van der Waals surface area contributed by atoms with Crippen LogP contribution < -0.4 is 20.7 Å². The standard InChI is InChI=1S/C33H30BrN5O4/c1-33(2,3)43-32(41)39-29-10-5-4-9-28(29)38-31(40)22-13-11-21(12-14-22)19-42-25-15-16-27-26(18-25)30(36-20-35-27)37-24-8-6-7-23(34)17-24/h4-18,20H,19H2,1-3H3,(H,38,40)(H,39,41)(H,35,36,37). The van der Waals surface area contributed by atoms with Gasteiger partial charge in [0.1, 0.15) is 30.1 Å². The number of amides is 2. The molecule has 5 rings (SSSR count). The molecule has 10 heteroatoms. The lowest BCUT2D eigenvalue weighted by molar-refractivity contribution is 0.0635. The number of carbonyl (C=O) groups excluding carboxylic acids is 2. The van der Waals surface area contributed by atoms with Crippen LogP contribution in [0, 0.1) is 0 Å². The highest BCUT2D eigenvalue weighted by Gasteiger charge is 2.18. The molecule has 2 amide bonds. The molecular formula is C33H30BrN5O4. The van der Waals surface area contributed by atoms with Gasteiger partial charge in [-0.15, -0.1) is 0 Å². The van der Waals surface area contributed by atoms with Crippen molar-refractivity contribution in [2.45, 2.75) is 33.0 Å². The van der Waals surface area contributed by atoms with Crippen molar-refractivity contribution in [1.82, 2.24) is 9.97 Å². The molecule has 0 bridgehead atoms. The number of fused-ring (bicyclic) bond motifs is 1. The van der Waals surface area contributed by atoms with Crippen LogP contribution in [-0.2, 0) is 11.3 Å². The van der Waals surface area contributed by atoms with E-state index in [9.17, 15) is 9.59 Å². The zero-order chi connectivity index (χ0) is 30.4. The van der Waals surface area contributed by atoms with Gasteiger partial charge in [0.15, 0.2) is 0 Å². The fourth-order valence-electron chi connectivity index (χ4n) is 4.16. The highest BCUT2D eigenvalue weighted by Crippen LogP contribution is 2.28.